The monoisotopic (exact) mass is 487 g/mol. The molecular formula is C26H37N3O6. The summed E-state index contributed by atoms with van der Waals surface area (Å²) in [5.74, 6) is -1.75. The van der Waals surface area contributed by atoms with Gasteiger partial charge in [0.2, 0.25) is 17.7 Å². The molecule has 3 N–H and O–H groups in total. The smallest absolute Gasteiger partial charge is 0.246 e. The van der Waals surface area contributed by atoms with Crippen LogP contribution in [0.15, 0.2) is 24.3 Å². The average Bonchev–Trinajstić information content (AvgIpc) is 3.38. The minimum absolute atomic E-state index is 0.00896. The lowest BCUT2D eigenvalue weighted by Crippen LogP contribution is -2.58. The van der Waals surface area contributed by atoms with Gasteiger partial charge in [0.25, 0.3) is 0 Å². The predicted molar refractivity (Wildman–Crippen MR) is 130 cm³/mol. The molecule has 0 aromatic heterocycles. The zero-order valence-corrected chi connectivity index (χ0v) is 21.2. The quantitative estimate of drug-likeness (QED) is 0.517. The van der Waals surface area contributed by atoms with E-state index in [4.69, 9.17) is 9.47 Å². The van der Waals surface area contributed by atoms with Gasteiger partial charge in [0.05, 0.1) is 30.7 Å². The van der Waals surface area contributed by atoms with Crippen LogP contribution >= 0.6 is 0 Å². The Labute approximate surface area is 206 Å². The highest BCUT2D eigenvalue weighted by Crippen LogP contribution is 2.64. The molecule has 1 aromatic rings. The molecule has 3 amide bonds. The minimum Gasteiger partial charge on any atom is -0.494 e. The summed E-state index contributed by atoms with van der Waals surface area (Å²) in [6, 6.07) is 6.19. The molecule has 4 rings (SSSR count). The number of amides is 3. The second-order valence-corrected chi connectivity index (χ2v) is 10.8. The first-order valence-electron chi connectivity index (χ1n) is 12.5. The van der Waals surface area contributed by atoms with Gasteiger partial charge in [0.1, 0.15) is 17.4 Å². The summed E-state index contributed by atoms with van der Waals surface area (Å²) in [5.41, 5.74) is -1.83. The highest BCUT2D eigenvalue weighted by atomic mass is 16.5. The predicted octanol–water partition coefficient (Wildman–Crippen LogP) is 2.09. The van der Waals surface area contributed by atoms with Crippen molar-refractivity contribution in [2.45, 2.75) is 76.7 Å². The first kappa shape index (κ1) is 25.4. The highest BCUT2D eigenvalue weighted by molar-refractivity contribution is 6.02. The summed E-state index contributed by atoms with van der Waals surface area (Å²) in [6.45, 7) is 9.76. The van der Waals surface area contributed by atoms with Crippen LogP contribution in [0, 0.1) is 11.8 Å². The topological polar surface area (TPSA) is 117 Å². The first-order valence-corrected chi connectivity index (χ1v) is 12.5. The summed E-state index contributed by atoms with van der Waals surface area (Å²) >= 11 is 0. The largest absolute Gasteiger partial charge is 0.494 e. The zero-order valence-electron chi connectivity index (χ0n) is 21.2. The number of aliphatic hydroxyl groups excluding tert-OH is 1. The van der Waals surface area contributed by atoms with Crippen LogP contribution in [0.2, 0.25) is 0 Å². The first-order chi connectivity index (χ1) is 16.5. The van der Waals surface area contributed by atoms with Crippen molar-refractivity contribution in [3.05, 3.63) is 24.3 Å². The maximum Gasteiger partial charge on any atom is 0.246 e. The lowest BCUT2D eigenvalue weighted by Gasteiger charge is -2.35. The fourth-order valence-electron chi connectivity index (χ4n) is 6.22. The number of nitrogens with one attached hydrogen (secondary N) is 2. The fourth-order valence-corrected chi connectivity index (χ4v) is 6.22. The van der Waals surface area contributed by atoms with E-state index in [1.807, 2.05) is 34.6 Å². The summed E-state index contributed by atoms with van der Waals surface area (Å²) in [6.07, 6.45) is 1.64. The van der Waals surface area contributed by atoms with Gasteiger partial charge >= 0.3 is 0 Å². The van der Waals surface area contributed by atoms with Crippen molar-refractivity contribution in [2.75, 3.05) is 25.1 Å². The molecule has 3 aliphatic rings. The number of hydrogen-bond donors (Lipinski definition) is 3. The van der Waals surface area contributed by atoms with Gasteiger partial charge in [-0.15, -0.1) is 0 Å². The fraction of sp³-hybridized carbons (Fsp3) is 0.654. The molecule has 2 bridgehead atoms. The molecule has 9 nitrogen and oxygen atoms in total. The van der Waals surface area contributed by atoms with Crippen molar-refractivity contribution in [2.24, 2.45) is 11.8 Å². The summed E-state index contributed by atoms with van der Waals surface area (Å²) in [7, 11) is 0. The number of benzene rings is 1. The number of carbonyl (C=O) groups excluding carboxylic acids is 3. The number of rotatable bonds is 8. The number of anilines is 1. The molecule has 9 heteroatoms. The number of nitrogens with zero attached hydrogens (tertiary/aromatic N) is 1. The van der Waals surface area contributed by atoms with Crippen molar-refractivity contribution in [3.63, 3.8) is 0 Å². The van der Waals surface area contributed by atoms with Crippen molar-refractivity contribution in [1.82, 2.24) is 10.2 Å². The van der Waals surface area contributed by atoms with Crippen molar-refractivity contribution in [3.8, 4) is 5.75 Å². The Morgan fingerprint density at radius 2 is 1.86 bits per heavy atom. The SMILES string of the molecule is CCOc1ccc(NC(=O)[C@@H]2[C@H]3C(=O)N(CCO)C(C(=O)NC(C)(C)C)C34CC[C@@]2(CC)O4)cc1. The number of β-amino-alcohol motifs (C(OH)–C–C–N with tert-alkyl or cyclic N) is 1. The van der Waals surface area contributed by atoms with Crippen LogP contribution in [0.25, 0.3) is 0 Å². The van der Waals surface area contributed by atoms with Gasteiger partial charge in [-0.25, -0.2) is 0 Å². The van der Waals surface area contributed by atoms with Crippen LogP contribution < -0.4 is 15.4 Å². The number of fused-ring (bicyclic) bond motifs is 1. The normalized spacial score (nSPS) is 31.4. The van der Waals surface area contributed by atoms with Crippen LogP contribution in [-0.4, -0.2) is 70.3 Å². The standard InChI is InChI=1S/C26H37N3O6/c1-6-25-12-13-26(35-25)19(18(25)21(31)27-16-8-10-17(11-9-16)34-7-2)23(33)29(14-15-30)20(26)22(32)28-24(3,4)5/h8-11,18-20,30H,6-7,12-15H2,1-5H3,(H,27,31)(H,28,32)/t18-,19-,20?,25+,26?/m0/s1. The van der Waals surface area contributed by atoms with Crippen LogP contribution in [0.3, 0.4) is 0 Å². The number of hydrogen-bond acceptors (Lipinski definition) is 6. The van der Waals surface area contributed by atoms with Gasteiger partial charge in [-0.2, -0.15) is 0 Å². The van der Waals surface area contributed by atoms with Gasteiger partial charge in [-0.05, 0) is 71.2 Å². The Morgan fingerprint density at radius 1 is 1.17 bits per heavy atom. The zero-order chi connectivity index (χ0) is 25.6. The van der Waals surface area contributed by atoms with Crippen molar-refractivity contribution < 1.29 is 29.0 Å². The van der Waals surface area contributed by atoms with E-state index >= 15 is 0 Å². The Kier molecular flexibility index (Phi) is 6.61. The van der Waals surface area contributed by atoms with Gasteiger partial charge < -0.3 is 30.1 Å². The molecule has 0 radical (unpaired) electrons. The molecular weight excluding hydrogens is 450 g/mol. The van der Waals surface area contributed by atoms with E-state index < -0.39 is 34.6 Å². The van der Waals surface area contributed by atoms with E-state index in [0.717, 1.165) is 0 Å². The second kappa shape index (κ2) is 9.09. The molecule has 3 fully saturated rings. The maximum atomic E-state index is 13.7. The molecule has 1 aromatic carbocycles. The molecule has 192 valence electrons. The lowest BCUT2D eigenvalue weighted by atomic mass is 9.65. The summed E-state index contributed by atoms with van der Waals surface area (Å²) < 4.78 is 12.1. The van der Waals surface area contributed by atoms with E-state index in [0.29, 0.717) is 37.3 Å². The molecule has 3 heterocycles. The van der Waals surface area contributed by atoms with Crippen LogP contribution in [0.5, 0.6) is 5.75 Å². The second-order valence-electron chi connectivity index (χ2n) is 10.8. The molecule has 2 unspecified atom stereocenters. The Bertz CT molecular complexity index is 990. The number of likely N-dealkylation sites (tertiary alicyclic amines) is 1. The van der Waals surface area contributed by atoms with Gasteiger partial charge in [0, 0.05) is 17.8 Å². The van der Waals surface area contributed by atoms with E-state index in [9.17, 15) is 19.5 Å². The maximum absolute atomic E-state index is 13.7. The molecule has 5 atom stereocenters. The van der Waals surface area contributed by atoms with E-state index in [-0.39, 0.29) is 30.9 Å². The Morgan fingerprint density at radius 3 is 2.43 bits per heavy atom. The Hall–Kier alpha value is -2.65. The van der Waals surface area contributed by atoms with E-state index in [1.165, 1.54) is 4.90 Å². The summed E-state index contributed by atoms with van der Waals surface area (Å²) in [5, 5.41) is 15.6. The van der Waals surface area contributed by atoms with Crippen LogP contribution in [0.4, 0.5) is 5.69 Å². The summed E-state index contributed by atoms with van der Waals surface area (Å²) in [4.78, 5) is 42.3. The third kappa shape index (κ3) is 4.18. The van der Waals surface area contributed by atoms with Crippen LogP contribution in [-0.2, 0) is 19.1 Å². The minimum atomic E-state index is -1.10. The lowest BCUT2D eigenvalue weighted by molar-refractivity contribution is -0.147. The third-order valence-electron chi connectivity index (χ3n) is 7.48. The van der Waals surface area contributed by atoms with E-state index in [2.05, 4.69) is 10.6 Å². The molecule has 1 spiro atoms. The number of carbonyl (C=O) groups is 3. The van der Waals surface area contributed by atoms with E-state index in [1.54, 1.807) is 24.3 Å². The van der Waals surface area contributed by atoms with Crippen molar-refractivity contribution in [1.29, 1.82) is 0 Å². The molecule has 3 saturated heterocycles. The number of ether oxygens (including phenoxy) is 2. The third-order valence-corrected chi connectivity index (χ3v) is 7.48. The van der Waals surface area contributed by atoms with Gasteiger partial charge in [-0.3, -0.25) is 14.4 Å². The van der Waals surface area contributed by atoms with Crippen LogP contribution in [0.1, 0.15) is 53.9 Å². The highest BCUT2D eigenvalue weighted by Gasteiger charge is 2.78. The molecule has 3 aliphatic heterocycles. The number of aliphatic hydroxyl groups is 1. The van der Waals surface area contributed by atoms with Crippen molar-refractivity contribution >= 4 is 23.4 Å². The average molecular weight is 488 g/mol. The molecule has 0 aliphatic carbocycles. The van der Waals surface area contributed by atoms with Gasteiger partial charge in [-0.1, -0.05) is 6.92 Å². The Balaban J connectivity index is 1.68. The molecule has 0 saturated carbocycles. The molecule has 35 heavy (non-hydrogen) atoms. The van der Waals surface area contributed by atoms with Gasteiger partial charge in [0.15, 0.2) is 0 Å².